The van der Waals surface area contributed by atoms with Crippen LogP contribution in [0.2, 0.25) is 0 Å². The van der Waals surface area contributed by atoms with E-state index in [1.807, 2.05) is 42.7 Å². The number of pyridine rings is 6. The standard InChI is InChI=1S/C49H30N6O/c1-56-39-27-37(42-21-17-32-12-10-30-8-4-24-51-45(30)47(32)54-42)26-38(28-39)43-22-18-34-14-13-33-16-20-41(53-48(33)49(34)55-43)36-6-2-5-35(25-36)40-19-15-31-11-9-29-7-3-23-50-44(29)46(31)52-40/h2-28H,1H3. The molecule has 0 radical (unpaired) electrons. The van der Waals surface area contributed by atoms with Crippen molar-refractivity contribution < 1.29 is 4.74 Å². The number of hydrogen-bond donors (Lipinski definition) is 0. The summed E-state index contributed by atoms with van der Waals surface area (Å²) in [6, 6.07) is 51.9. The SMILES string of the molecule is COc1cc(-c2ccc3ccc4cccnc4c3n2)cc(-c2ccc3ccc4ccc(-c5cccc(-c6ccc7ccc8cccnc8c7n6)c5)nc4c3n2)c1. The molecule has 0 N–H and O–H groups in total. The lowest BCUT2D eigenvalue weighted by Gasteiger charge is -2.12. The van der Waals surface area contributed by atoms with Crippen LogP contribution in [0.3, 0.4) is 0 Å². The highest BCUT2D eigenvalue weighted by Crippen LogP contribution is 2.35. The Morgan fingerprint density at radius 2 is 0.661 bits per heavy atom. The minimum absolute atomic E-state index is 0.723. The van der Waals surface area contributed by atoms with Gasteiger partial charge in [0.25, 0.3) is 0 Å². The molecule has 262 valence electrons. The van der Waals surface area contributed by atoms with Crippen molar-refractivity contribution in [3.63, 3.8) is 0 Å². The smallest absolute Gasteiger partial charge is 0.120 e. The summed E-state index contributed by atoms with van der Waals surface area (Å²) in [5, 5.41) is 6.27. The van der Waals surface area contributed by atoms with Crippen molar-refractivity contribution in [2.24, 2.45) is 0 Å². The van der Waals surface area contributed by atoms with E-state index in [4.69, 9.17) is 24.7 Å². The van der Waals surface area contributed by atoms with Gasteiger partial charge in [0, 0.05) is 67.0 Å². The highest BCUT2D eigenvalue weighted by Gasteiger charge is 2.14. The van der Waals surface area contributed by atoms with Crippen LogP contribution in [0.25, 0.3) is 110 Å². The molecule has 7 nitrogen and oxygen atoms in total. The first-order valence-electron chi connectivity index (χ1n) is 18.5. The highest BCUT2D eigenvalue weighted by molar-refractivity contribution is 6.06. The number of hydrogen-bond acceptors (Lipinski definition) is 7. The molecule has 6 aromatic heterocycles. The quantitative estimate of drug-likeness (QED) is 0.164. The normalized spacial score (nSPS) is 11.7. The Labute approximate surface area is 321 Å². The van der Waals surface area contributed by atoms with Gasteiger partial charge in [-0.15, -0.1) is 0 Å². The van der Waals surface area contributed by atoms with E-state index in [2.05, 4.69) is 131 Å². The van der Waals surface area contributed by atoms with E-state index >= 15 is 0 Å². The molecule has 0 aliphatic heterocycles. The Bertz CT molecular complexity index is 3380. The molecule has 0 saturated carbocycles. The molecule has 56 heavy (non-hydrogen) atoms. The molecule has 0 bridgehead atoms. The number of fused-ring (bicyclic) bond motifs is 9. The third-order valence-corrected chi connectivity index (χ3v) is 10.6. The Kier molecular flexibility index (Phi) is 7.25. The van der Waals surface area contributed by atoms with Gasteiger partial charge < -0.3 is 4.74 Å². The summed E-state index contributed by atoms with van der Waals surface area (Å²) in [6.45, 7) is 0. The number of ether oxygens (including phenoxy) is 1. The highest BCUT2D eigenvalue weighted by atomic mass is 16.5. The molecule has 0 aliphatic carbocycles. The zero-order valence-corrected chi connectivity index (χ0v) is 30.2. The molecule has 11 rings (SSSR count). The maximum atomic E-state index is 5.81. The van der Waals surface area contributed by atoms with E-state index in [0.29, 0.717) is 0 Å². The second kappa shape index (κ2) is 12.7. The largest absolute Gasteiger partial charge is 0.497 e. The van der Waals surface area contributed by atoms with Crippen LogP contribution in [-0.2, 0) is 0 Å². The second-order valence-corrected chi connectivity index (χ2v) is 14.0. The Balaban J connectivity index is 1.000. The molecule has 0 saturated heterocycles. The van der Waals surface area contributed by atoms with Gasteiger partial charge in [0.05, 0.1) is 63.0 Å². The predicted octanol–water partition coefficient (Wildman–Crippen LogP) is 11.7. The number of nitrogens with zero attached hydrogens (tertiary/aromatic N) is 6. The Morgan fingerprint density at radius 1 is 0.321 bits per heavy atom. The van der Waals surface area contributed by atoms with Crippen molar-refractivity contribution in [3.8, 4) is 50.8 Å². The summed E-state index contributed by atoms with van der Waals surface area (Å²) in [7, 11) is 1.69. The summed E-state index contributed by atoms with van der Waals surface area (Å²) in [5.74, 6) is 0.723. The van der Waals surface area contributed by atoms with Crippen molar-refractivity contribution in [2.45, 2.75) is 0 Å². The fraction of sp³-hybridized carbons (Fsp3) is 0.0204. The van der Waals surface area contributed by atoms with Gasteiger partial charge >= 0.3 is 0 Å². The van der Waals surface area contributed by atoms with Gasteiger partial charge in [0.15, 0.2) is 0 Å². The van der Waals surface area contributed by atoms with E-state index in [1.54, 1.807) is 7.11 Å². The maximum absolute atomic E-state index is 5.81. The summed E-state index contributed by atoms with van der Waals surface area (Å²) < 4.78 is 5.81. The van der Waals surface area contributed by atoms with E-state index < -0.39 is 0 Å². The van der Waals surface area contributed by atoms with E-state index in [0.717, 1.165) is 116 Å². The third-order valence-electron chi connectivity index (χ3n) is 10.6. The van der Waals surface area contributed by atoms with Gasteiger partial charge in [0.2, 0.25) is 0 Å². The number of methoxy groups -OCH3 is 1. The van der Waals surface area contributed by atoms with Gasteiger partial charge in [-0.05, 0) is 60.7 Å². The van der Waals surface area contributed by atoms with Crippen molar-refractivity contribution >= 4 is 65.4 Å². The van der Waals surface area contributed by atoms with Gasteiger partial charge in [-0.1, -0.05) is 91.0 Å². The van der Waals surface area contributed by atoms with Crippen molar-refractivity contribution in [1.29, 1.82) is 0 Å². The van der Waals surface area contributed by atoms with Gasteiger partial charge in [0.1, 0.15) is 5.75 Å². The lowest BCUT2D eigenvalue weighted by molar-refractivity contribution is 0.415. The predicted molar refractivity (Wildman–Crippen MR) is 227 cm³/mol. The number of rotatable bonds is 5. The molecular formula is C49H30N6O. The molecule has 0 atom stereocenters. The van der Waals surface area contributed by atoms with Crippen molar-refractivity contribution in [2.75, 3.05) is 7.11 Å². The molecule has 0 amide bonds. The van der Waals surface area contributed by atoms with E-state index in [-0.39, 0.29) is 0 Å². The van der Waals surface area contributed by atoms with Gasteiger partial charge in [-0.3, -0.25) is 9.97 Å². The number of benzene rings is 5. The topological polar surface area (TPSA) is 86.6 Å². The minimum atomic E-state index is 0.723. The monoisotopic (exact) mass is 718 g/mol. The summed E-state index contributed by atoms with van der Waals surface area (Å²) >= 11 is 0. The average Bonchev–Trinajstić information content (AvgIpc) is 3.28. The summed E-state index contributed by atoms with van der Waals surface area (Å²) in [6.07, 6.45) is 3.63. The molecule has 0 spiro atoms. The molecule has 0 unspecified atom stereocenters. The van der Waals surface area contributed by atoms with Crippen LogP contribution in [-0.4, -0.2) is 37.0 Å². The van der Waals surface area contributed by atoms with E-state index in [1.165, 1.54) is 0 Å². The van der Waals surface area contributed by atoms with Crippen LogP contribution >= 0.6 is 0 Å². The lowest BCUT2D eigenvalue weighted by Crippen LogP contribution is -1.94. The summed E-state index contributed by atoms with van der Waals surface area (Å²) in [5.41, 5.74) is 12.5. The average molecular weight is 719 g/mol. The minimum Gasteiger partial charge on any atom is -0.497 e. The van der Waals surface area contributed by atoms with Crippen LogP contribution in [0.1, 0.15) is 0 Å². The first-order valence-corrected chi connectivity index (χ1v) is 18.5. The Morgan fingerprint density at radius 3 is 1.07 bits per heavy atom. The van der Waals surface area contributed by atoms with Crippen LogP contribution in [0.4, 0.5) is 0 Å². The first kappa shape index (κ1) is 31.8. The van der Waals surface area contributed by atoms with Gasteiger partial charge in [-0.25, -0.2) is 19.9 Å². The number of aromatic nitrogens is 6. The molecule has 0 aliphatic rings. The van der Waals surface area contributed by atoms with E-state index in [9.17, 15) is 0 Å². The van der Waals surface area contributed by atoms with Crippen LogP contribution in [0, 0.1) is 0 Å². The molecular weight excluding hydrogens is 689 g/mol. The zero-order chi connectivity index (χ0) is 37.2. The lowest BCUT2D eigenvalue weighted by atomic mass is 10.0. The Hall–Kier alpha value is -7.64. The van der Waals surface area contributed by atoms with Crippen LogP contribution in [0.5, 0.6) is 5.75 Å². The first-order chi connectivity index (χ1) is 27.6. The fourth-order valence-electron chi connectivity index (χ4n) is 7.71. The molecule has 6 heterocycles. The molecule has 0 fully saturated rings. The fourth-order valence-corrected chi connectivity index (χ4v) is 7.71. The zero-order valence-electron chi connectivity index (χ0n) is 30.2. The van der Waals surface area contributed by atoms with Crippen LogP contribution < -0.4 is 4.74 Å². The summed E-state index contributed by atoms with van der Waals surface area (Å²) in [4.78, 5) is 30.0. The molecule has 5 aromatic carbocycles. The third kappa shape index (κ3) is 5.36. The maximum Gasteiger partial charge on any atom is 0.120 e. The van der Waals surface area contributed by atoms with Crippen LogP contribution in [0.15, 0.2) is 164 Å². The second-order valence-electron chi connectivity index (χ2n) is 14.0. The van der Waals surface area contributed by atoms with Crippen molar-refractivity contribution in [3.05, 3.63) is 164 Å². The molecule has 11 aromatic rings. The van der Waals surface area contributed by atoms with Gasteiger partial charge in [-0.2, -0.15) is 0 Å². The van der Waals surface area contributed by atoms with Crippen molar-refractivity contribution in [1.82, 2.24) is 29.9 Å². The molecule has 7 heteroatoms.